The van der Waals surface area contributed by atoms with Crippen molar-refractivity contribution in [3.05, 3.63) is 35.4 Å². The van der Waals surface area contributed by atoms with E-state index < -0.39 is 6.10 Å². The van der Waals surface area contributed by atoms with E-state index in [9.17, 15) is 9.90 Å². The first-order valence-corrected chi connectivity index (χ1v) is 7.72. The SMILES string of the molecule is COCC(O)CNC(=O)NC(C)c1ccc(CC(C)C)cc1. The van der Waals surface area contributed by atoms with Gasteiger partial charge in [0.15, 0.2) is 0 Å². The van der Waals surface area contributed by atoms with Gasteiger partial charge in [0.05, 0.1) is 18.8 Å². The molecule has 0 aliphatic rings. The zero-order chi connectivity index (χ0) is 16.5. The molecule has 0 bridgehead atoms. The minimum Gasteiger partial charge on any atom is -0.389 e. The van der Waals surface area contributed by atoms with Crippen molar-refractivity contribution in [1.82, 2.24) is 10.6 Å². The summed E-state index contributed by atoms with van der Waals surface area (Å²) in [5.74, 6) is 0.630. The molecule has 0 saturated carbocycles. The Morgan fingerprint density at radius 3 is 2.41 bits per heavy atom. The predicted molar refractivity (Wildman–Crippen MR) is 87.8 cm³/mol. The van der Waals surface area contributed by atoms with Crippen molar-refractivity contribution in [2.75, 3.05) is 20.3 Å². The maximum absolute atomic E-state index is 11.8. The first kappa shape index (κ1) is 18.5. The molecule has 1 rings (SSSR count). The zero-order valence-corrected chi connectivity index (χ0v) is 13.9. The van der Waals surface area contributed by atoms with E-state index in [1.165, 1.54) is 12.7 Å². The lowest BCUT2D eigenvalue weighted by molar-refractivity contribution is 0.0659. The second kappa shape index (κ2) is 9.43. The molecule has 0 spiro atoms. The number of ether oxygens (including phenoxy) is 1. The first-order valence-electron chi connectivity index (χ1n) is 7.72. The highest BCUT2D eigenvalue weighted by atomic mass is 16.5. The van der Waals surface area contributed by atoms with E-state index in [1.54, 1.807) is 0 Å². The number of carbonyl (C=O) groups is 1. The Balaban J connectivity index is 2.43. The van der Waals surface area contributed by atoms with Crippen LogP contribution < -0.4 is 10.6 Å². The van der Waals surface area contributed by atoms with Crippen molar-refractivity contribution in [3.63, 3.8) is 0 Å². The van der Waals surface area contributed by atoms with Gasteiger partial charge in [0.2, 0.25) is 0 Å². The van der Waals surface area contributed by atoms with E-state index in [0.29, 0.717) is 5.92 Å². The minimum absolute atomic E-state index is 0.0901. The van der Waals surface area contributed by atoms with Crippen LogP contribution in [0.25, 0.3) is 0 Å². The van der Waals surface area contributed by atoms with Crippen molar-refractivity contribution in [3.8, 4) is 0 Å². The quantitative estimate of drug-likeness (QED) is 0.690. The van der Waals surface area contributed by atoms with Crippen LogP contribution in [0, 0.1) is 5.92 Å². The molecule has 0 saturated heterocycles. The van der Waals surface area contributed by atoms with Crippen molar-refractivity contribution in [1.29, 1.82) is 0 Å². The van der Waals surface area contributed by atoms with Gasteiger partial charge in [-0.1, -0.05) is 38.1 Å². The summed E-state index contributed by atoms with van der Waals surface area (Å²) in [4.78, 5) is 11.8. The third-order valence-electron chi connectivity index (χ3n) is 3.33. The molecule has 2 amide bonds. The highest BCUT2D eigenvalue weighted by Gasteiger charge is 2.11. The van der Waals surface area contributed by atoms with E-state index in [0.717, 1.165) is 12.0 Å². The maximum Gasteiger partial charge on any atom is 0.315 e. The molecular formula is C17H28N2O3. The number of rotatable bonds is 8. The number of amides is 2. The average molecular weight is 308 g/mol. The van der Waals surface area contributed by atoms with Crippen LogP contribution in [0.2, 0.25) is 0 Å². The van der Waals surface area contributed by atoms with Crippen LogP contribution in [-0.4, -0.2) is 37.5 Å². The number of benzene rings is 1. The Bertz CT molecular complexity index is 446. The van der Waals surface area contributed by atoms with Crippen LogP contribution in [-0.2, 0) is 11.2 Å². The van der Waals surface area contributed by atoms with Gasteiger partial charge in [-0.15, -0.1) is 0 Å². The van der Waals surface area contributed by atoms with Crippen LogP contribution in [0.1, 0.15) is 37.9 Å². The number of methoxy groups -OCH3 is 1. The topological polar surface area (TPSA) is 70.6 Å². The van der Waals surface area contributed by atoms with Crippen LogP contribution in [0.4, 0.5) is 4.79 Å². The monoisotopic (exact) mass is 308 g/mol. The molecule has 0 heterocycles. The van der Waals surface area contributed by atoms with Gasteiger partial charge in [-0.2, -0.15) is 0 Å². The number of carbonyl (C=O) groups excluding carboxylic acids is 1. The summed E-state index contributed by atoms with van der Waals surface area (Å²) in [5.41, 5.74) is 2.36. The van der Waals surface area contributed by atoms with Gasteiger partial charge in [-0.05, 0) is 30.4 Å². The van der Waals surface area contributed by atoms with E-state index in [2.05, 4.69) is 36.6 Å². The number of hydrogen-bond donors (Lipinski definition) is 3. The largest absolute Gasteiger partial charge is 0.389 e. The van der Waals surface area contributed by atoms with Gasteiger partial charge in [-0.25, -0.2) is 4.79 Å². The number of aliphatic hydroxyl groups excluding tert-OH is 1. The fourth-order valence-corrected chi connectivity index (χ4v) is 2.21. The summed E-state index contributed by atoms with van der Waals surface area (Å²) >= 11 is 0. The fraction of sp³-hybridized carbons (Fsp3) is 0.588. The first-order chi connectivity index (χ1) is 10.4. The molecule has 5 heteroatoms. The molecule has 0 aliphatic carbocycles. The molecule has 5 nitrogen and oxygen atoms in total. The second-order valence-electron chi connectivity index (χ2n) is 6.02. The zero-order valence-electron chi connectivity index (χ0n) is 13.9. The summed E-state index contributed by atoms with van der Waals surface area (Å²) in [5, 5.41) is 15.0. The standard InChI is InChI=1S/C17H28N2O3/c1-12(2)9-14-5-7-15(8-6-14)13(3)19-17(21)18-10-16(20)11-22-4/h5-8,12-13,16,20H,9-11H2,1-4H3,(H2,18,19,21). The van der Waals surface area contributed by atoms with Gasteiger partial charge in [-0.3, -0.25) is 0 Å². The van der Waals surface area contributed by atoms with Gasteiger partial charge in [0, 0.05) is 13.7 Å². The highest BCUT2D eigenvalue weighted by Crippen LogP contribution is 2.15. The lowest BCUT2D eigenvalue weighted by atomic mass is 10.00. The smallest absolute Gasteiger partial charge is 0.315 e. The molecule has 2 unspecified atom stereocenters. The number of aliphatic hydroxyl groups is 1. The summed E-state index contributed by atoms with van der Waals surface area (Å²) in [6.07, 6.45) is 0.362. The molecule has 0 fully saturated rings. The number of nitrogens with one attached hydrogen (secondary N) is 2. The Labute approximate surface area is 133 Å². The average Bonchev–Trinajstić information content (AvgIpc) is 2.45. The number of urea groups is 1. The van der Waals surface area contributed by atoms with Crippen molar-refractivity contribution in [2.45, 2.75) is 39.3 Å². The molecular weight excluding hydrogens is 280 g/mol. The Morgan fingerprint density at radius 2 is 1.86 bits per heavy atom. The summed E-state index contributed by atoms with van der Waals surface area (Å²) in [7, 11) is 1.51. The molecule has 1 aromatic rings. The Morgan fingerprint density at radius 1 is 1.23 bits per heavy atom. The normalized spacial score (nSPS) is 13.7. The van der Waals surface area contributed by atoms with Gasteiger partial charge >= 0.3 is 6.03 Å². The van der Waals surface area contributed by atoms with Crippen molar-refractivity contribution >= 4 is 6.03 Å². The predicted octanol–water partition coefficient (Wildman–Crippen LogP) is 2.25. The number of hydrogen-bond acceptors (Lipinski definition) is 3. The van der Waals surface area contributed by atoms with Crippen molar-refractivity contribution < 1.29 is 14.6 Å². The fourth-order valence-electron chi connectivity index (χ4n) is 2.21. The third kappa shape index (κ3) is 6.91. The minimum atomic E-state index is -0.693. The molecule has 124 valence electrons. The van der Waals surface area contributed by atoms with Crippen LogP contribution in [0.15, 0.2) is 24.3 Å². The van der Waals surface area contributed by atoms with Gasteiger partial charge in [0.1, 0.15) is 0 Å². The third-order valence-corrected chi connectivity index (χ3v) is 3.33. The Kier molecular flexibility index (Phi) is 7.91. The van der Waals surface area contributed by atoms with E-state index in [4.69, 9.17) is 4.74 Å². The summed E-state index contributed by atoms with van der Waals surface area (Å²) in [6, 6.07) is 7.91. The van der Waals surface area contributed by atoms with E-state index >= 15 is 0 Å². The lowest BCUT2D eigenvalue weighted by Crippen LogP contribution is -2.41. The van der Waals surface area contributed by atoms with Crippen LogP contribution >= 0.6 is 0 Å². The summed E-state index contributed by atoms with van der Waals surface area (Å²) < 4.78 is 4.80. The molecule has 2 atom stereocenters. The highest BCUT2D eigenvalue weighted by molar-refractivity contribution is 5.74. The van der Waals surface area contributed by atoms with Crippen LogP contribution in [0.5, 0.6) is 0 Å². The van der Waals surface area contributed by atoms with E-state index in [1.807, 2.05) is 19.1 Å². The second-order valence-corrected chi connectivity index (χ2v) is 6.02. The molecule has 0 aliphatic heterocycles. The Hall–Kier alpha value is -1.59. The lowest BCUT2D eigenvalue weighted by Gasteiger charge is -2.17. The molecule has 1 aromatic carbocycles. The maximum atomic E-state index is 11.8. The molecule has 3 N–H and O–H groups in total. The molecule has 0 aromatic heterocycles. The van der Waals surface area contributed by atoms with Gasteiger partial charge < -0.3 is 20.5 Å². The summed E-state index contributed by atoms with van der Waals surface area (Å²) in [6.45, 7) is 6.69. The van der Waals surface area contributed by atoms with Crippen molar-refractivity contribution in [2.24, 2.45) is 5.92 Å². The van der Waals surface area contributed by atoms with Gasteiger partial charge in [0.25, 0.3) is 0 Å². The van der Waals surface area contributed by atoms with Crippen LogP contribution in [0.3, 0.4) is 0 Å². The molecule has 0 radical (unpaired) electrons. The van der Waals surface area contributed by atoms with E-state index in [-0.39, 0.29) is 25.2 Å². The molecule has 22 heavy (non-hydrogen) atoms.